The highest BCUT2D eigenvalue weighted by Gasteiger charge is 2.19. The van der Waals surface area contributed by atoms with E-state index in [4.69, 9.17) is 4.74 Å². The second-order valence-corrected chi connectivity index (χ2v) is 8.20. The van der Waals surface area contributed by atoms with Crippen LogP contribution in [0.25, 0.3) is 22.3 Å². The fraction of sp³-hybridized carbons (Fsp3) is 0.269. The van der Waals surface area contributed by atoms with Gasteiger partial charge >= 0.3 is 5.97 Å². The summed E-state index contributed by atoms with van der Waals surface area (Å²) in [6.07, 6.45) is 1.57. The molecule has 0 amide bonds. The summed E-state index contributed by atoms with van der Waals surface area (Å²) in [5.41, 5.74) is 6.13. The van der Waals surface area contributed by atoms with Gasteiger partial charge in [-0.05, 0) is 40.8 Å². The average Bonchev–Trinajstić information content (AvgIpc) is 3.16. The molecule has 0 saturated carbocycles. The molecule has 0 radical (unpaired) electrons. The summed E-state index contributed by atoms with van der Waals surface area (Å²) in [4.78, 5) is 14.3. The van der Waals surface area contributed by atoms with E-state index in [2.05, 4.69) is 46.1 Å². The second-order valence-electron chi connectivity index (χ2n) is 8.20. The molecule has 0 atom stereocenters. The van der Waals surface area contributed by atoms with Crippen molar-refractivity contribution in [2.24, 2.45) is 7.05 Å². The summed E-state index contributed by atoms with van der Waals surface area (Å²) >= 11 is 0. The minimum Gasteiger partial charge on any atom is -0.478 e. The van der Waals surface area contributed by atoms with Crippen LogP contribution in [0.5, 0.6) is 0 Å². The summed E-state index contributed by atoms with van der Waals surface area (Å²) in [5, 5.41) is 17.6. The van der Waals surface area contributed by atoms with Crippen LogP contribution in [0.2, 0.25) is 0 Å². The average molecular weight is 445 g/mol. The number of nitrogens with zero attached hydrogens (tertiary/aromatic N) is 4. The number of ether oxygens (including phenoxy) is 1. The molecule has 3 aromatic rings. The number of aliphatic carboxylic acids is 1. The zero-order chi connectivity index (χ0) is 23.4. The van der Waals surface area contributed by atoms with Crippen molar-refractivity contribution in [3.05, 3.63) is 83.7 Å². The molecule has 0 spiro atoms. The zero-order valence-electron chi connectivity index (χ0n) is 19.0. The quantitative estimate of drug-likeness (QED) is 0.441. The predicted octanol–water partition coefficient (Wildman–Crippen LogP) is 3.80. The Balaban J connectivity index is 1.49. The first kappa shape index (κ1) is 22.6. The molecule has 0 bridgehead atoms. The van der Waals surface area contributed by atoms with Crippen molar-refractivity contribution in [3.8, 4) is 11.1 Å². The highest BCUT2D eigenvalue weighted by atomic mass is 16.5. The first-order valence-electron chi connectivity index (χ1n) is 10.9. The van der Waals surface area contributed by atoms with Gasteiger partial charge in [0, 0.05) is 26.7 Å². The summed E-state index contributed by atoms with van der Waals surface area (Å²) in [5.74, 6) is -1.04. The Hall–Kier alpha value is -3.55. The Bertz CT molecular complexity index is 1150. The van der Waals surface area contributed by atoms with Gasteiger partial charge in [-0.25, -0.2) is 9.48 Å². The largest absolute Gasteiger partial charge is 0.478 e. The van der Waals surface area contributed by atoms with E-state index in [1.807, 2.05) is 24.3 Å². The smallest absolute Gasteiger partial charge is 0.337 e. The molecule has 1 saturated heterocycles. The molecule has 1 N–H and O–H groups in total. The molecular formula is C26H28N4O3. The molecule has 1 fully saturated rings. The van der Waals surface area contributed by atoms with E-state index in [0.29, 0.717) is 17.0 Å². The van der Waals surface area contributed by atoms with E-state index in [9.17, 15) is 9.90 Å². The maximum absolute atomic E-state index is 11.9. The Morgan fingerprint density at radius 1 is 1.09 bits per heavy atom. The third-order valence-electron chi connectivity index (χ3n) is 5.85. The van der Waals surface area contributed by atoms with Crippen LogP contribution >= 0.6 is 0 Å². The van der Waals surface area contributed by atoms with Gasteiger partial charge in [0.15, 0.2) is 0 Å². The van der Waals surface area contributed by atoms with Crippen molar-refractivity contribution in [2.45, 2.75) is 13.5 Å². The SMILES string of the molecule is C=C(/C=C(/C(=O)O)c1c(C)nnn1C)c1ccc(-c2ccc(CN3CCOCC3)cc2)cc1. The summed E-state index contributed by atoms with van der Waals surface area (Å²) in [7, 11) is 1.68. The zero-order valence-corrected chi connectivity index (χ0v) is 19.0. The van der Waals surface area contributed by atoms with Crippen molar-refractivity contribution < 1.29 is 14.6 Å². The minimum absolute atomic E-state index is 0.116. The van der Waals surface area contributed by atoms with Crippen LogP contribution in [0.3, 0.4) is 0 Å². The molecular weight excluding hydrogens is 416 g/mol. The monoisotopic (exact) mass is 444 g/mol. The Morgan fingerprint density at radius 2 is 1.70 bits per heavy atom. The van der Waals surface area contributed by atoms with Crippen LogP contribution in [0.4, 0.5) is 0 Å². The van der Waals surface area contributed by atoms with Crippen LogP contribution < -0.4 is 0 Å². The lowest BCUT2D eigenvalue weighted by Gasteiger charge is -2.26. The topological polar surface area (TPSA) is 80.5 Å². The summed E-state index contributed by atoms with van der Waals surface area (Å²) < 4.78 is 6.88. The molecule has 7 nitrogen and oxygen atoms in total. The molecule has 2 heterocycles. The lowest BCUT2D eigenvalue weighted by molar-refractivity contribution is -0.130. The number of morpholine rings is 1. The molecule has 7 heteroatoms. The summed E-state index contributed by atoms with van der Waals surface area (Å²) in [6, 6.07) is 16.6. The third kappa shape index (κ3) is 5.27. The number of carboxylic acids is 1. The second kappa shape index (κ2) is 9.94. The molecule has 1 aliphatic heterocycles. The van der Waals surface area contributed by atoms with Crippen LogP contribution in [-0.2, 0) is 23.1 Å². The number of hydrogen-bond acceptors (Lipinski definition) is 5. The number of carboxylic acid groups (broad SMARTS) is 1. The number of rotatable bonds is 7. The van der Waals surface area contributed by atoms with Gasteiger partial charge in [0.05, 0.1) is 30.2 Å². The fourth-order valence-electron chi connectivity index (χ4n) is 4.02. The number of benzene rings is 2. The first-order chi connectivity index (χ1) is 15.9. The van der Waals surface area contributed by atoms with Crippen molar-refractivity contribution in [3.63, 3.8) is 0 Å². The van der Waals surface area contributed by atoms with Gasteiger partial charge in [-0.15, -0.1) is 5.10 Å². The summed E-state index contributed by atoms with van der Waals surface area (Å²) in [6.45, 7) is 10.3. The molecule has 2 aromatic carbocycles. The number of allylic oxidation sites excluding steroid dienone is 2. The number of aryl methyl sites for hydroxylation is 2. The molecule has 1 aliphatic rings. The molecule has 33 heavy (non-hydrogen) atoms. The van der Waals surface area contributed by atoms with Gasteiger partial charge in [0.1, 0.15) is 0 Å². The van der Waals surface area contributed by atoms with Crippen LogP contribution in [0.15, 0.2) is 61.2 Å². The van der Waals surface area contributed by atoms with Gasteiger partial charge in [0.25, 0.3) is 0 Å². The normalized spacial score (nSPS) is 14.9. The van der Waals surface area contributed by atoms with Crippen LogP contribution in [0.1, 0.15) is 22.5 Å². The number of hydrogen-bond donors (Lipinski definition) is 1. The maximum Gasteiger partial charge on any atom is 0.337 e. The molecule has 4 rings (SSSR count). The van der Waals surface area contributed by atoms with E-state index in [1.165, 1.54) is 10.2 Å². The van der Waals surface area contributed by atoms with Crippen molar-refractivity contribution in [2.75, 3.05) is 26.3 Å². The lowest BCUT2D eigenvalue weighted by Crippen LogP contribution is -2.35. The fourth-order valence-corrected chi connectivity index (χ4v) is 4.02. The van der Waals surface area contributed by atoms with Crippen LogP contribution in [0, 0.1) is 6.92 Å². The lowest BCUT2D eigenvalue weighted by atomic mass is 9.98. The van der Waals surface area contributed by atoms with Crippen molar-refractivity contribution in [1.82, 2.24) is 19.9 Å². The molecule has 1 aromatic heterocycles. The third-order valence-corrected chi connectivity index (χ3v) is 5.85. The Morgan fingerprint density at radius 3 is 2.24 bits per heavy atom. The number of aromatic nitrogens is 3. The van der Waals surface area contributed by atoms with Gasteiger partial charge in [-0.3, -0.25) is 4.90 Å². The van der Waals surface area contributed by atoms with E-state index < -0.39 is 5.97 Å². The predicted molar refractivity (Wildman–Crippen MR) is 128 cm³/mol. The van der Waals surface area contributed by atoms with Gasteiger partial charge in [0.2, 0.25) is 0 Å². The Labute approximate surface area is 193 Å². The van der Waals surface area contributed by atoms with Crippen molar-refractivity contribution in [1.29, 1.82) is 0 Å². The van der Waals surface area contributed by atoms with E-state index in [-0.39, 0.29) is 5.57 Å². The van der Waals surface area contributed by atoms with E-state index in [1.54, 1.807) is 20.0 Å². The van der Waals surface area contributed by atoms with Gasteiger partial charge in [-0.1, -0.05) is 60.3 Å². The van der Waals surface area contributed by atoms with E-state index in [0.717, 1.165) is 49.5 Å². The maximum atomic E-state index is 11.9. The first-order valence-corrected chi connectivity index (χ1v) is 10.9. The highest BCUT2D eigenvalue weighted by molar-refractivity contribution is 6.17. The van der Waals surface area contributed by atoms with Gasteiger partial charge in [-0.2, -0.15) is 0 Å². The van der Waals surface area contributed by atoms with Crippen molar-refractivity contribution >= 4 is 17.1 Å². The number of carbonyl (C=O) groups is 1. The minimum atomic E-state index is -1.04. The van der Waals surface area contributed by atoms with Crippen LogP contribution in [-0.4, -0.2) is 57.3 Å². The molecule has 170 valence electrons. The molecule has 0 aliphatic carbocycles. The highest BCUT2D eigenvalue weighted by Crippen LogP contribution is 2.26. The Kier molecular flexibility index (Phi) is 6.82. The van der Waals surface area contributed by atoms with E-state index >= 15 is 0 Å². The molecule has 0 unspecified atom stereocenters. The van der Waals surface area contributed by atoms with Gasteiger partial charge < -0.3 is 9.84 Å². The standard InChI is InChI=1S/C26H28N4O3/c1-18(16-24(26(31)32)25-19(2)27-28-29(25)3)21-8-10-23(11-9-21)22-6-4-20(5-7-22)17-30-12-14-33-15-13-30/h4-11,16H,1,12-15,17H2,2-3H3,(H,31,32)/b24-16+.